The Hall–Kier alpha value is -3.00. The lowest BCUT2D eigenvalue weighted by Crippen LogP contribution is -2.39. The smallest absolute Gasteiger partial charge is 0.416 e. The molecule has 0 atom stereocenters. The van der Waals surface area contributed by atoms with Crippen LogP contribution in [0.3, 0.4) is 0 Å². The summed E-state index contributed by atoms with van der Waals surface area (Å²) in [6.45, 7) is 0.778. The molecule has 8 heteroatoms. The van der Waals surface area contributed by atoms with Gasteiger partial charge in [0.1, 0.15) is 6.61 Å². The molecule has 3 aromatic rings. The van der Waals surface area contributed by atoms with Crippen molar-refractivity contribution in [1.29, 1.82) is 0 Å². The number of rotatable bonds is 9. The van der Waals surface area contributed by atoms with E-state index < -0.39 is 11.7 Å². The number of carbonyl (C=O) groups is 1. The minimum absolute atomic E-state index is 0.0711. The fraction of sp³-hybridized carbons (Fsp3) is 0.370. The summed E-state index contributed by atoms with van der Waals surface area (Å²) in [6, 6.07) is 14.7. The summed E-state index contributed by atoms with van der Waals surface area (Å²) in [5, 5.41) is 1.99. The van der Waals surface area contributed by atoms with Gasteiger partial charge in [-0.15, -0.1) is 11.3 Å². The molecule has 1 amide bonds. The summed E-state index contributed by atoms with van der Waals surface area (Å²) in [5.74, 6) is 1.02. The van der Waals surface area contributed by atoms with Crippen LogP contribution in [-0.4, -0.2) is 24.0 Å². The number of ether oxygens (including phenoxy) is 2. The van der Waals surface area contributed by atoms with Crippen molar-refractivity contribution in [2.45, 2.75) is 57.5 Å². The monoisotopic (exact) mass is 503 g/mol. The first-order chi connectivity index (χ1) is 16.8. The molecule has 4 rings (SSSR count). The van der Waals surface area contributed by atoms with Crippen molar-refractivity contribution in [2.75, 3.05) is 7.11 Å². The lowest BCUT2D eigenvalue weighted by molar-refractivity contribution is -0.138. The molecular weight excluding hydrogens is 475 g/mol. The van der Waals surface area contributed by atoms with Crippen LogP contribution in [0.2, 0.25) is 0 Å². The highest BCUT2D eigenvalue weighted by Crippen LogP contribution is 2.33. The number of nitrogens with zero attached hydrogens (tertiary/aromatic N) is 1. The van der Waals surface area contributed by atoms with Crippen molar-refractivity contribution in [3.8, 4) is 11.5 Å². The fourth-order valence-electron chi connectivity index (χ4n) is 4.44. The number of hydrogen-bond donors (Lipinski definition) is 0. The van der Waals surface area contributed by atoms with Crippen LogP contribution >= 0.6 is 11.3 Å². The first-order valence-electron chi connectivity index (χ1n) is 11.6. The van der Waals surface area contributed by atoms with Crippen molar-refractivity contribution in [2.24, 2.45) is 0 Å². The average Bonchev–Trinajstić information content (AvgIpc) is 3.55. The van der Waals surface area contributed by atoms with Gasteiger partial charge in [0.2, 0.25) is 5.91 Å². The van der Waals surface area contributed by atoms with Crippen molar-refractivity contribution in [1.82, 2.24) is 4.90 Å². The quantitative estimate of drug-likeness (QED) is 0.320. The SMILES string of the molecule is COc1ccc(CN(C(=O)Cc2cccc(C(F)(F)F)c2)C2CCCC2)cc1OCc1cccs1. The van der Waals surface area contributed by atoms with Crippen LogP contribution < -0.4 is 9.47 Å². The lowest BCUT2D eigenvalue weighted by Gasteiger charge is -2.30. The van der Waals surface area contributed by atoms with Gasteiger partial charge in [-0.2, -0.15) is 13.2 Å². The van der Waals surface area contributed by atoms with Crippen LogP contribution in [0, 0.1) is 0 Å². The van der Waals surface area contributed by atoms with Gasteiger partial charge in [-0.3, -0.25) is 4.79 Å². The highest BCUT2D eigenvalue weighted by Gasteiger charge is 2.31. The van der Waals surface area contributed by atoms with Crippen molar-refractivity contribution in [3.63, 3.8) is 0 Å². The Morgan fingerprint density at radius 2 is 1.83 bits per heavy atom. The van der Waals surface area contributed by atoms with E-state index in [1.807, 2.05) is 40.6 Å². The van der Waals surface area contributed by atoms with E-state index in [9.17, 15) is 18.0 Å². The van der Waals surface area contributed by atoms with Crippen LogP contribution in [-0.2, 0) is 30.5 Å². The predicted molar refractivity (Wildman–Crippen MR) is 130 cm³/mol. The highest BCUT2D eigenvalue weighted by atomic mass is 32.1. The lowest BCUT2D eigenvalue weighted by atomic mass is 10.1. The number of carbonyl (C=O) groups excluding carboxylic acids is 1. The van der Waals surface area contributed by atoms with Gasteiger partial charge in [-0.25, -0.2) is 0 Å². The molecular formula is C27H28F3NO3S. The Bertz CT molecular complexity index is 1120. The predicted octanol–water partition coefficient (Wildman–Crippen LogP) is 6.87. The molecule has 0 N–H and O–H groups in total. The number of halogens is 3. The van der Waals surface area contributed by atoms with Gasteiger partial charge in [-0.1, -0.05) is 43.2 Å². The van der Waals surface area contributed by atoms with E-state index in [0.717, 1.165) is 48.3 Å². The van der Waals surface area contributed by atoms with E-state index in [0.29, 0.717) is 30.2 Å². The molecule has 186 valence electrons. The molecule has 0 aliphatic heterocycles. The summed E-state index contributed by atoms with van der Waals surface area (Å²) < 4.78 is 50.8. The van der Waals surface area contributed by atoms with Crippen LogP contribution in [0.1, 0.15) is 47.3 Å². The Morgan fingerprint density at radius 1 is 1.03 bits per heavy atom. The molecule has 2 aromatic carbocycles. The Kier molecular flexibility index (Phi) is 8.00. The minimum atomic E-state index is -4.44. The van der Waals surface area contributed by atoms with Crippen molar-refractivity contribution >= 4 is 17.2 Å². The molecule has 0 bridgehead atoms. The van der Waals surface area contributed by atoms with Gasteiger partial charge in [0.05, 0.1) is 19.1 Å². The second-order valence-electron chi connectivity index (χ2n) is 8.69. The fourth-order valence-corrected chi connectivity index (χ4v) is 5.06. The Balaban J connectivity index is 1.52. The zero-order valence-electron chi connectivity index (χ0n) is 19.5. The van der Waals surface area contributed by atoms with E-state index >= 15 is 0 Å². The van der Waals surface area contributed by atoms with Crippen LogP contribution in [0.4, 0.5) is 13.2 Å². The van der Waals surface area contributed by atoms with Crippen LogP contribution in [0.5, 0.6) is 11.5 Å². The first-order valence-corrected chi connectivity index (χ1v) is 12.5. The van der Waals surface area contributed by atoms with Gasteiger partial charge in [0, 0.05) is 17.5 Å². The number of alkyl halides is 3. The third kappa shape index (κ3) is 6.57. The molecule has 1 aliphatic carbocycles. The molecule has 35 heavy (non-hydrogen) atoms. The summed E-state index contributed by atoms with van der Waals surface area (Å²) in [7, 11) is 1.58. The maximum Gasteiger partial charge on any atom is 0.416 e. The van der Waals surface area contributed by atoms with Crippen molar-refractivity contribution < 1.29 is 27.4 Å². The van der Waals surface area contributed by atoms with Gasteiger partial charge in [0.15, 0.2) is 11.5 Å². The summed E-state index contributed by atoms with van der Waals surface area (Å²) >= 11 is 1.61. The molecule has 0 spiro atoms. The summed E-state index contributed by atoms with van der Waals surface area (Å²) in [4.78, 5) is 16.2. The Morgan fingerprint density at radius 3 is 2.51 bits per heavy atom. The zero-order chi connectivity index (χ0) is 24.8. The van der Waals surface area contributed by atoms with Gasteiger partial charge in [-0.05, 0) is 53.6 Å². The third-order valence-corrected chi connectivity index (χ3v) is 7.08. The van der Waals surface area contributed by atoms with E-state index in [2.05, 4.69) is 0 Å². The Labute approximate surface area is 207 Å². The molecule has 1 aromatic heterocycles. The standard InChI is InChI=1S/C27H28F3NO3S/c1-33-24-12-11-20(15-25(24)34-18-23-10-5-13-35-23)17-31(22-8-2-3-9-22)26(32)16-19-6-4-7-21(14-19)27(28,29)30/h4-7,10-15,22H,2-3,8-9,16-18H2,1H3. The van der Waals surface area contributed by atoms with Gasteiger partial charge >= 0.3 is 6.18 Å². The second-order valence-corrected chi connectivity index (χ2v) is 9.72. The molecule has 0 radical (unpaired) electrons. The maximum atomic E-state index is 13.3. The maximum absolute atomic E-state index is 13.3. The number of benzene rings is 2. The minimum Gasteiger partial charge on any atom is -0.493 e. The van der Waals surface area contributed by atoms with Crippen molar-refractivity contribution in [3.05, 3.63) is 81.5 Å². The van der Waals surface area contributed by atoms with Crippen LogP contribution in [0.25, 0.3) is 0 Å². The molecule has 0 unspecified atom stereocenters. The average molecular weight is 504 g/mol. The van der Waals surface area contributed by atoms with E-state index in [1.165, 1.54) is 6.07 Å². The molecule has 1 aliphatic rings. The van der Waals surface area contributed by atoms with E-state index in [4.69, 9.17) is 9.47 Å². The molecule has 4 nitrogen and oxygen atoms in total. The topological polar surface area (TPSA) is 38.8 Å². The van der Waals surface area contributed by atoms with Crippen LogP contribution in [0.15, 0.2) is 60.0 Å². The van der Waals surface area contributed by atoms with Gasteiger partial charge < -0.3 is 14.4 Å². The number of amides is 1. The molecule has 1 fully saturated rings. The number of thiophene rings is 1. The highest BCUT2D eigenvalue weighted by molar-refractivity contribution is 7.09. The largest absolute Gasteiger partial charge is 0.493 e. The number of methoxy groups -OCH3 is 1. The van der Waals surface area contributed by atoms with E-state index in [1.54, 1.807) is 24.5 Å². The third-order valence-electron chi connectivity index (χ3n) is 6.23. The van der Waals surface area contributed by atoms with E-state index in [-0.39, 0.29) is 18.4 Å². The van der Waals surface area contributed by atoms with Gasteiger partial charge in [0.25, 0.3) is 0 Å². The second kappa shape index (κ2) is 11.2. The summed E-state index contributed by atoms with van der Waals surface area (Å²) in [5.41, 5.74) is 0.511. The zero-order valence-corrected chi connectivity index (χ0v) is 20.3. The summed E-state index contributed by atoms with van der Waals surface area (Å²) in [6.07, 6.45) is -0.644. The first kappa shape index (κ1) is 25.1. The normalized spacial score (nSPS) is 14.2. The number of hydrogen-bond acceptors (Lipinski definition) is 4. The molecule has 1 saturated carbocycles. The molecule has 1 heterocycles. The molecule has 0 saturated heterocycles.